The molecule has 0 aliphatic heterocycles. The highest BCUT2D eigenvalue weighted by Gasteiger charge is 2.00. The van der Waals surface area contributed by atoms with Crippen molar-refractivity contribution in [3.8, 4) is 0 Å². The van der Waals surface area contributed by atoms with Crippen LogP contribution in [0.15, 0.2) is 42.6 Å². The van der Waals surface area contributed by atoms with E-state index in [1.165, 1.54) is 18.3 Å². The van der Waals surface area contributed by atoms with Crippen LogP contribution in [-0.2, 0) is 6.42 Å². The molecule has 0 fully saturated rings. The van der Waals surface area contributed by atoms with E-state index in [9.17, 15) is 8.78 Å². The molecule has 2 rings (SSSR count). The zero-order valence-electron chi connectivity index (χ0n) is 9.16. The normalized spacial score (nSPS) is 10.2. The molecule has 4 heteroatoms. The number of hydrogen-bond donors (Lipinski definition) is 1. The number of rotatable bonds is 4. The van der Waals surface area contributed by atoms with E-state index in [1.54, 1.807) is 24.3 Å². The van der Waals surface area contributed by atoms with E-state index < -0.39 is 5.95 Å². The van der Waals surface area contributed by atoms with Crippen LogP contribution in [0, 0.1) is 11.8 Å². The van der Waals surface area contributed by atoms with E-state index in [4.69, 9.17) is 0 Å². The molecule has 1 aromatic carbocycles. The van der Waals surface area contributed by atoms with Crippen molar-refractivity contribution in [1.29, 1.82) is 0 Å². The summed E-state index contributed by atoms with van der Waals surface area (Å²) < 4.78 is 26.1. The number of pyridine rings is 1. The van der Waals surface area contributed by atoms with Gasteiger partial charge in [-0.2, -0.15) is 4.39 Å². The minimum absolute atomic E-state index is 0.213. The van der Waals surface area contributed by atoms with Crippen molar-refractivity contribution in [2.45, 2.75) is 6.42 Å². The molecule has 2 aromatic rings. The Bertz CT molecular complexity index is 500. The van der Waals surface area contributed by atoms with Crippen LogP contribution in [0.4, 0.5) is 14.5 Å². The Morgan fingerprint density at radius 2 is 1.94 bits per heavy atom. The van der Waals surface area contributed by atoms with Crippen molar-refractivity contribution in [2.24, 2.45) is 0 Å². The van der Waals surface area contributed by atoms with E-state index in [0.29, 0.717) is 24.2 Å². The summed E-state index contributed by atoms with van der Waals surface area (Å²) in [6.07, 6.45) is 1.94. The first-order valence-corrected chi connectivity index (χ1v) is 5.34. The lowest BCUT2D eigenvalue weighted by atomic mass is 10.1. The summed E-state index contributed by atoms with van der Waals surface area (Å²) in [4.78, 5) is 3.45. The van der Waals surface area contributed by atoms with Gasteiger partial charge in [0.2, 0.25) is 5.95 Å². The van der Waals surface area contributed by atoms with Gasteiger partial charge in [-0.05, 0) is 24.1 Å². The highest BCUT2D eigenvalue weighted by Crippen LogP contribution is 2.09. The van der Waals surface area contributed by atoms with Crippen molar-refractivity contribution in [2.75, 3.05) is 11.9 Å². The molecular weight excluding hydrogens is 222 g/mol. The van der Waals surface area contributed by atoms with Crippen LogP contribution in [0.25, 0.3) is 0 Å². The van der Waals surface area contributed by atoms with Crippen LogP contribution in [0.1, 0.15) is 5.56 Å². The molecule has 88 valence electrons. The van der Waals surface area contributed by atoms with Gasteiger partial charge in [0, 0.05) is 24.5 Å². The third-order valence-electron chi connectivity index (χ3n) is 2.41. The maximum absolute atomic E-state index is 13.3. The summed E-state index contributed by atoms with van der Waals surface area (Å²) in [5.74, 6) is -0.740. The fraction of sp³-hybridized carbons (Fsp3) is 0.154. The van der Waals surface area contributed by atoms with Crippen molar-refractivity contribution in [1.82, 2.24) is 4.98 Å². The number of aromatic nitrogens is 1. The van der Waals surface area contributed by atoms with Crippen LogP contribution in [-0.4, -0.2) is 11.5 Å². The van der Waals surface area contributed by atoms with E-state index in [-0.39, 0.29) is 5.82 Å². The molecular formula is C13H12F2N2. The topological polar surface area (TPSA) is 24.9 Å². The number of anilines is 1. The number of nitrogens with one attached hydrogen (secondary N) is 1. The van der Waals surface area contributed by atoms with Crippen LogP contribution in [0.3, 0.4) is 0 Å². The Labute approximate surface area is 98.3 Å². The highest BCUT2D eigenvalue weighted by molar-refractivity contribution is 5.41. The second-order valence-electron chi connectivity index (χ2n) is 3.64. The average molecular weight is 234 g/mol. The fourth-order valence-electron chi connectivity index (χ4n) is 1.56. The van der Waals surface area contributed by atoms with Gasteiger partial charge >= 0.3 is 0 Å². The van der Waals surface area contributed by atoms with E-state index >= 15 is 0 Å². The van der Waals surface area contributed by atoms with Gasteiger partial charge in [-0.25, -0.2) is 9.37 Å². The van der Waals surface area contributed by atoms with Crippen LogP contribution < -0.4 is 5.32 Å². The summed E-state index contributed by atoms with van der Waals surface area (Å²) in [5, 5.41) is 3.01. The summed E-state index contributed by atoms with van der Waals surface area (Å²) in [5.41, 5.74) is 1.29. The molecule has 0 bridgehead atoms. The molecule has 0 aliphatic rings. The Hall–Kier alpha value is -1.97. The van der Waals surface area contributed by atoms with Crippen LogP contribution in [0.5, 0.6) is 0 Å². The van der Waals surface area contributed by atoms with Gasteiger partial charge < -0.3 is 5.32 Å². The molecule has 0 atom stereocenters. The first kappa shape index (κ1) is 11.5. The fourth-order valence-corrected chi connectivity index (χ4v) is 1.56. The summed E-state index contributed by atoms with van der Waals surface area (Å²) in [6.45, 7) is 0.546. The lowest BCUT2D eigenvalue weighted by Gasteiger charge is -2.06. The van der Waals surface area contributed by atoms with Crippen LogP contribution >= 0.6 is 0 Å². The largest absolute Gasteiger partial charge is 0.385 e. The quantitative estimate of drug-likeness (QED) is 0.822. The predicted molar refractivity (Wildman–Crippen MR) is 62.8 cm³/mol. The molecule has 2 nitrogen and oxygen atoms in total. The lowest BCUT2D eigenvalue weighted by molar-refractivity contribution is 0.584. The molecule has 0 saturated heterocycles. The van der Waals surface area contributed by atoms with Crippen LogP contribution in [0.2, 0.25) is 0 Å². The molecule has 1 heterocycles. The monoisotopic (exact) mass is 234 g/mol. The van der Waals surface area contributed by atoms with Crippen molar-refractivity contribution in [3.63, 3.8) is 0 Å². The first-order valence-electron chi connectivity index (χ1n) is 5.34. The smallest absolute Gasteiger partial charge is 0.214 e. The second kappa shape index (κ2) is 5.39. The minimum atomic E-state index is -0.527. The first-order chi connectivity index (χ1) is 8.25. The van der Waals surface area contributed by atoms with E-state index in [0.717, 1.165) is 0 Å². The maximum atomic E-state index is 13.3. The molecule has 17 heavy (non-hydrogen) atoms. The minimum Gasteiger partial charge on any atom is -0.385 e. The van der Waals surface area contributed by atoms with Gasteiger partial charge in [0.25, 0.3) is 0 Å². The molecule has 1 N–H and O–H groups in total. The van der Waals surface area contributed by atoms with Gasteiger partial charge in [0.05, 0.1) is 0 Å². The number of halogens is 2. The molecule has 0 radical (unpaired) electrons. The Balaban J connectivity index is 1.90. The summed E-state index contributed by atoms with van der Waals surface area (Å²) in [6, 6.07) is 9.60. The Kier molecular flexibility index (Phi) is 3.65. The van der Waals surface area contributed by atoms with Crippen molar-refractivity contribution >= 4 is 5.69 Å². The van der Waals surface area contributed by atoms with Crippen molar-refractivity contribution < 1.29 is 8.78 Å². The number of hydrogen-bond acceptors (Lipinski definition) is 2. The zero-order valence-corrected chi connectivity index (χ0v) is 9.16. The third-order valence-corrected chi connectivity index (χ3v) is 2.41. The van der Waals surface area contributed by atoms with E-state index in [1.807, 2.05) is 0 Å². The van der Waals surface area contributed by atoms with Gasteiger partial charge in [0.1, 0.15) is 5.82 Å². The molecule has 0 amide bonds. The van der Waals surface area contributed by atoms with Gasteiger partial charge in [0.15, 0.2) is 0 Å². The Morgan fingerprint density at radius 3 is 2.71 bits per heavy atom. The van der Waals surface area contributed by atoms with Gasteiger partial charge in [-0.1, -0.05) is 18.2 Å². The number of benzene rings is 1. The van der Waals surface area contributed by atoms with E-state index in [2.05, 4.69) is 10.3 Å². The molecule has 0 unspecified atom stereocenters. The third kappa shape index (κ3) is 3.24. The lowest BCUT2D eigenvalue weighted by Crippen LogP contribution is -2.06. The SMILES string of the molecule is Fc1cc(NCCc2ccccc2F)ccn1. The van der Waals surface area contributed by atoms with Gasteiger partial charge in [-0.3, -0.25) is 0 Å². The molecule has 0 spiro atoms. The number of nitrogens with zero attached hydrogens (tertiary/aromatic N) is 1. The molecule has 1 aromatic heterocycles. The second-order valence-corrected chi connectivity index (χ2v) is 3.64. The van der Waals surface area contributed by atoms with Gasteiger partial charge in [-0.15, -0.1) is 0 Å². The highest BCUT2D eigenvalue weighted by atomic mass is 19.1. The Morgan fingerprint density at radius 1 is 1.12 bits per heavy atom. The van der Waals surface area contributed by atoms with Crippen molar-refractivity contribution in [3.05, 3.63) is 59.9 Å². The maximum Gasteiger partial charge on any atom is 0.214 e. The summed E-state index contributed by atoms with van der Waals surface area (Å²) >= 11 is 0. The molecule has 0 saturated carbocycles. The average Bonchev–Trinajstić information content (AvgIpc) is 2.32. The standard InChI is InChI=1S/C13H12F2N2/c14-12-4-2-1-3-10(12)5-7-16-11-6-8-17-13(15)9-11/h1-4,6,8-9H,5,7H2,(H,16,17). The zero-order chi connectivity index (χ0) is 12.1. The summed E-state index contributed by atoms with van der Waals surface area (Å²) in [7, 11) is 0. The predicted octanol–water partition coefficient (Wildman–Crippen LogP) is 3.01. The molecule has 0 aliphatic carbocycles.